The molecule has 0 aromatic carbocycles. The van der Waals surface area contributed by atoms with Crippen molar-refractivity contribution in [3.63, 3.8) is 0 Å². The molecule has 1 heterocycles. The van der Waals surface area contributed by atoms with Crippen LogP contribution in [0.4, 0.5) is 0 Å². The summed E-state index contributed by atoms with van der Waals surface area (Å²) in [5.74, 6) is 0.0554. The average Bonchev–Trinajstić information content (AvgIpc) is 2.81. The molecule has 5 nitrogen and oxygen atoms in total. The van der Waals surface area contributed by atoms with Crippen LogP contribution in [0.1, 0.15) is 27.2 Å². The minimum atomic E-state index is -0.167. The second kappa shape index (κ2) is 7.06. The van der Waals surface area contributed by atoms with Gasteiger partial charge < -0.3 is 10.6 Å². The van der Waals surface area contributed by atoms with Gasteiger partial charge in [0.2, 0.25) is 5.91 Å². The van der Waals surface area contributed by atoms with Gasteiger partial charge in [-0.1, -0.05) is 6.92 Å². The largest absolute Gasteiger partial charge is 0.352 e. The van der Waals surface area contributed by atoms with Crippen molar-refractivity contribution in [2.24, 2.45) is 0 Å². The van der Waals surface area contributed by atoms with Crippen molar-refractivity contribution in [2.75, 3.05) is 6.54 Å². The molecule has 0 radical (unpaired) electrons. The van der Waals surface area contributed by atoms with Gasteiger partial charge in [0.1, 0.15) is 0 Å². The number of nitrogens with one attached hydrogen (secondary N) is 2. The topological polar surface area (TPSA) is 59.0 Å². The highest BCUT2D eigenvalue weighted by Gasteiger charge is 2.13. The summed E-state index contributed by atoms with van der Waals surface area (Å²) in [6, 6.07) is 1.96. The van der Waals surface area contributed by atoms with E-state index in [4.69, 9.17) is 0 Å². The lowest BCUT2D eigenvalue weighted by atomic mass is 10.2. The zero-order valence-electron chi connectivity index (χ0n) is 10.8. The molecule has 1 aromatic heterocycles. The van der Waals surface area contributed by atoms with Crippen molar-refractivity contribution in [3.8, 4) is 0 Å². The summed E-state index contributed by atoms with van der Waals surface area (Å²) >= 11 is 0. The lowest BCUT2D eigenvalue weighted by molar-refractivity contribution is -0.123. The SMILES string of the molecule is CC[C@H](C)NC(=O)[C@@H](C)NCCn1cccn1. The molecule has 0 aliphatic rings. The number of rotatable bonds is 7. The van der Waals surface area contributed by atoms with Gasteiger partial charge in [-0.05, 0) is 26.3 Å². The van der Waals surface area contributed by atoms with Crippen LogP contribution in [0.25, 0.3) is 0 Å². The first kappa shape index (κ1) is 13.7. The smallest absolute Gasteiger partial charge is 0.237 e. The third-order valence-electron chi connectivity index (χ3n) is 2.74. The van der Waals surface area contributed by atoms with Crippen LogP contribution in [0.2, 0.25) is 0 Å². The summed E-state index contributed by atoms with van der Waals surface area (Å²) in [7, 11) is 0. The predicted molar refractivity (Wildman–Crippen MR) is 67.6 cm³/mol. The lowest BCUT2D eigenvalue weighted by Crippen LogP contribution is -2.46. The molecule has 0 spiro atoms. The van der Waals surface area contributed by atoms with E-state index in [1.807, 2.05) is 30.8 Å². The van der Waals surface area contributed by atoms with Crippen molar-refractivity contribution in [1.29, 1.82) is 0 Å². The summed E-state index contributed by atoms with van der Waals surface area (Å²) < 4.78 is 1.84. The highest BCUT2D eigenvalue weighted by molar-refractivity contribution is 5.81. The molecule has 0 bridgehead atoms. The van der Waals surface area contributed by atoms with E-state index in [1.54, 1.807) is 6.20 Å². The number of hydrogen-bond acceptors (Lipinski definition) is 3. The molecular formula is C12H22N4O. The minimum absolute atomic E-state index is 0.0554. The van der Waals surface area contributed by atoms with Crippen molar-refractivity contribution in [3.05, 3.63) is 18.5 Å². The normalized spacial score (nSPS) is 14.3. The highest BCUT2D eigenvalue weighted by Crippen LogP contribution is 1.91. The van der Waals surface area contributed by atoms with Gasteiger partial charge in [0, 0.05) is 25.0 Å². The third-order valence-corrected chi connectivity index (χ3v) is 2.74. The predicted octanol–water partition coefficient (Wildman–Crippen LogP) is 0.776. The summed E-state index contributed by atoms with van der Waals surface area (Å²) in [6.45, 7) is 7.45. The van der Waals surface area contributed by atoms with Gasteiger partial charge >= 0.3 is 0 Å². The Kier molecular flexibility index (Phi) is 5.69. The first-order chi connectivity index (χ1) is 8.13. The van der Waals surface area contributed by atoms with Gasteiger partial charge in [-0.25, -0.2) is 0 Å². The fourth-order valence-electron chi connectivity index (χ4n) is 1.39. The van der Waals surface area contributed by atoms with Gasteiger partial charge in [0.25, 0.3) is 0 Å². The Balaban J connectivity index is 2.20. The van der Waals surface area contributed by atoms with Crippen LogP contribution in [0.3, 0.4) is 0 Å². The molecule has 0 unspecified atom stereocenters. The Labute approximate surface area is 103 Å². The second-order valence-corrected chi connectivity index (χ2v) is 4.26. The standard InChI is InChI=1S/C12H22N4O/c1-4-10(2)15-12(17)11(3)13-7-9-16-8-5-6-14-16/h5-6,8,10-11,13H,4,7,9H2,1-3H3,(H,15,17)/t10-,11+/m0/s1. The second-order valence-electron chi connectivity index (χ2n) is 4.26. The van der Waals surface area contributed by atoms with Crippen LogP contribution in [0.15, 0.2) is 18.5 Å². The number of hydrogen-bond donors (Lipinski definition) is 2. The maximum absolute atomic E-state index is 11.7. The molecule has 0 aliphatic carbocycles. The van der Waals surface area contributed by atoms with E-state index in [-0.39, 0.29) is 18.0 Å². The fraction of sp³-hybridized carbons (Fsp3) is 0.667. The quantitative estimate of drug-likeness (QED) is 0.738. The Hall–Kier alpha value is -1.36. The third kappa shape index (κ3) is 4.99. The summed E-state index contributed by atoms with van der Waals surface area (Å²) in [5.41, 5.74) is 0. The van der Waals surface area contributed by atoms with E-state index < -0.39 is 0 Å². The van der Waals surface area contributed by atoms with E-state index in [0.717, 1.165) is 19.5 Å². The van der Waals surface area contributed by atoms with E-state index in [2.05, 4.69) is 22.7 Å². The maximum Gasteiger partial charge on any atom is 0.237 e. The number of nitrogens with zero attached hydrogens (tertiary/aromatic N) is 2. The van der Waals surface area contributed by atoms with Crippen LogP contribution in [0.5, 0.6) is 0 Å². The zero-order valence-corrected chi connectivity index (χ0v) is 10.8. The van der Waals surface area contributed by atoms with Crippen molar-refractivity contribution in [1.82, 2.24) is 20.4 Å². The molecule has 0 saturated heterocycles. The van der Waals surface area contributed by atoms with Crippen LogP contribution < -0.4 is 10.6 Å². The molecule has 17 heavy (non-hydrogen) atoms. The van der Waals surface area contributed by atoms with Gasteiger partial charge in [-0.15, -0.1) is 0 Å². The molecule has 0 fully saturated rings. The zero-order chi connectivity index (χ0) is 12.7. The van der Waals surface area contributed by atoms with Gasteiger partial charge in [0.15, 0.2) is 0 Å². The molecule has 1 amide bonds. The molecule has 0 aliphatic heterocycles. The van der Waals surface area contributed by atoms with Crippen molar-refractivity contribution >= 4 is 5.91 Å². The first-order valence-corrected chi connectivity index (χ1v) is 6.14. The Morgan fingerprint density at radius 1 is 1.47 bits per heavy atom. The molecular weight excluding hydrogens is 216 g/mol. The first-order valence-electron chi connectivity index (χ1n) is 6.14. The van der Waals surface area contributed by atoms with E-state index in [1.165, 1.54) is 0 Å². The monoisotopic (exact) mass is 238 g/mol. The lowest BCUT2D eigenvalue weighted by Gasteiger charge is -2.17. The fourth-order valence-corrected chi connectivity index (χ4v) is 1.39. The Bertz CT molecular complexity index is 323. The number of amides is 1. The average molecular weight is 238 g/mol. The Morgan fingerprint density at radius 3 is 2.82 bits per heavy atom. The molecule has 0 saturated carbocycles. The molecule has 2 atom stereocenters. The van der Waals surface area contributed by atoms with Gasteiger partial charge in [-0.3, -0.25) is 9.48 Å². The maximum atomic E-state index is 11.7. The molecule has 1 rings (SSSR count). The van der Waals surface area contributed by atoms with E-state index in [9.17, 15) is 4.79 Å². The molecule has 2 N–H and O–H groups in total. The molecule has 96 valence electrons. The van der Waals surface area contributed by atoms with Gasteiger partial charge in [-0.2, -0.15) is 5.10 Å². The van der Waals surface area contributed by atoms with Gasteiger partial charge in [0.05, 0.1) is 12.6 Å². The molecule has 1 aromatic rings. The summed E-state index contributed by atoms with van der Waals surface area (Å²) in [4.78, 5) is 11.7. The Morgan fingerprint density at radius 2 is 2.24 bits per heavy atom. The highest BCUT2D eigenvalue weighted by atomic mass is 16.2. The summed E-state index contributed by atoms with van der Waals surface area (Å²) in [5, 5.41) is 10.2. The summed E-state index contributed by atoms with van der Waals surface area (Å²) in [6.07, 6.45) is 4.61. The van der Waals surface area contributed by atoms with Crippen LogP contribution in [-0.2, 0) is 11.3 Å². The molecule has 5 heteroatoms. The number of carbonyl (C=O) groups is 1. The van der Waals surface area contributed by atoms with Crippen molar-refractivity contribution in [2.45, 2.75) is 45.8 Å². The van der Waals surface area contributed by atoms with Crippen LogP contribution in [-0.4, -0.2) is 34.3 Å². The number of carbonyl (C=O) groups excluding carboxylic acids is 1. The van der Waals surface area contributed by atoms with E-state index >= 15 is 0 Å². The van der Waals surface area contributed by atoms with Crippen LogP contribution >= 0.6 is 0 Å². The van der Waals surface area contributed by atoms with Crippen LogP contribution in [0, 0.1) is 0 Å². The van der Waals surface area contributed by atoms with E-state index in [0.29, 0.717) is 0 Å². The number of aromatic nitrogens is 2. The minimum Gasteiger partial charge on any atom is -0.352 e. The van der Waals surface area contributed by atoms with Crippen molar-refractivity contribution < 1.29 is 4.79 Å².